The summed E-state index contributed by atoms with van der Waals surface area (Å²) in [5.41, 5.74) is 0.833. The number of hydrogen-bond acceptors (Lipinski definition) is 3. The maximum atomic E-state index is 12.1. The molecule has 0 aliphatic carbocycles. The van der Waals surface area contributed by atoms with Crippen molar-refractivity contribution in [3.05, 3.63) is 36.7 Å². The molecule has 1 fully saturated rings. The summed E-state index contributed by atoms with van der Waals surface area (Å²) in [7, 11) is 0. The molecule has 2 N–H and O–H groups in total. The van der Waals surface area contributed by atoms with Crippen molar-refractivity contribution in [1.29, 1.82) is 0 Å². The first-order valence-corrected chi connectivity index (χ1v) is 6.21. The molecule has 1 aromatic carbocycles. The van der Waals surface area contributed by atoms with Gasteiger partial charge in [-0.3, -0.25) is 9.78 Å². The summed E-state index contributed by atoms with van der Waals surface area (Å²) in [5, 5.41) is 8.25. The van der Waals surface area contributed by atoms with Crippen molar-refractivity contribution in [3.8, 4) is 0 Å². The van der Waals surface area contributed by atoms with Gasteiger partial charge in [-0.2, -0.15) is 0 Å². The first-order chi connectivity index (χ1) is 8.84. The fourth-order valence-electron chi connectivity index (χ4n) is 2.35. The van der Waals surface area contributed by atoms with E-state index >= 15 is 0 Å². The number of aromatic nitrogens is 1. The number of carbonyl (C=O) groups is 1. The van der Waals surface area contributed by atoms with Gasteiger partial charge in [0.2, 0.25) is 5.91 Å². The molecule has 2 heterocycles. The highest BCUT2D eigenvalue weighted by molar-refractivity contribution is 6.03. The van der Waals surface area contributed by atoms with Crippen LogP contribution in [0.3, 0.4) is 0 Å². The van der Waals surface area contributed by atoms with Crippen molar-refractivity contribution >= 4 is 22.4 Å². The lowest BCUT2D eigenvalue weighted by Crippen LogP contribution is -2.35. The molecule has 0 bridgehead atoms. The average Bonchev–Trinajstić information content (AvgIpc) is 2.93. The van der Waals surface area contributed by atoms with Crippen LogP contribution in [-0.2, 0) is 4.79 Å². The van der Waals surface area contributed by atoms with E-state index in [2.05, 4.69) is 15.6 Å². The van der Waals surface area contributed by atoms with Crippen LogP contribution in [0, 0.1) is 0 Å². The summed E-state index contributed by atoms with van der Waals surface area (Å²) in [5.74, 6) is 0.0452. The third-order valence-electron chi connectivity index (χ3n) is 3.32. The summed E-state index contributed by atoms with van der Waals surface area (Å²) in [6.07, 6.45) is 5.52. The Balaban J connectivity index is 1.88. The first-order valence-electron chi connectivity index (χ1n) is 6.21. The molecule has 0 saturated carbocycles. The van der Waals surface area contributed by atoms with Crippen LogP contribution in [0.2, 0.25) is 0 Å². The Morgan fingerprint density at radius 2 is 2.33 bits per heavy atom. The number of amides is 1. The highest BCUT2D eigenvalue weighted by atomic mass is 16.2. The third kappa shape index (κ3) is 2.07. The van der Waals surface area contributed by atoms with E-state index in [1.54, 1.807) is 12.4 Å². The predicted octanol–water partition coefficient (Wildman–Crippen LogP) is 1.93. The Bertz CT molecular complexity index is 571. The molecule has 92 valence electrons. The van der Waals surface area contributed by atoms with Gasteiger partial charge in [-0.15, -0.1) is 0 Å². The third-order valence-corrected chi connectivity index (χ3v) is 3.32. The summed E-state index contributed by atoms with van der Waals surface area (Å²) < 4.78 is 0. The molecule has 3 rings (SSSR count). The van der Waals surface area contributed by atoms with Crippen molar-refractivity contribution in [2.75, 3.05) is 11.9 Å². The molecule has 4 nitrogen and oxygen atoms in total. The average molecular weight is 241 g/mol. The Kier molecular flexibility index (Phi) is 2.94. The molecule has 1 aliphatic heterocycles. The van der Waals surface area contributed by atoms with Crippen LogP contribution in [0.1, 0.15) is 12.8 Å². The number of hydrogen-bond donors (Lipinski definition) is 2. The molecular formula is C14H15N3O. The van der Waals surface area contributed by atoms with Crippen molar-refractivity contribution in [3.63, 3.8) is 0 Å². The number of nitrogens with one attached hydrogen (secondary N) is 2. The Labute approximate surface area is 105 Å². The molecule has 1 aliphatic rings. The van der Waals surface area contributed by atoms with E-state index in [0.29, 0.717) is 0 Å². The van der Waals surface area contributed by atoms with Crippen LogP contribution in [-0.4, -0.2) is 23.5 Å². The number of fused-ring (bicyclic) bond motifs is 1. The van der Waals surface area contributed by atoms with Crippen LogP contribution >= 0.6 is 0 Å². The van der Waals surface area contributed by atoms with Gasteiger partial charge in [-0.1, -0.05) is 12.1 Å². The van der Waals surface area contributed by atoms with E-state index in [1.807, 2.05) is 24.3 Å². The van der Waals surface area contributed by atoms with Crippen LogP contribution < -0.4 is 10.6 Å². The minimum atomic E-state index is -0.0584. The fraction of sp³-hybridized carbons (Fsp3) is 0.286. The van der Waals surface area contributed by atoms with Crippen LogP contribution in [0.15, 0.2) is 36.7 Å². The largest absolute Gasteiger partial charge is 0.324 e. The standard InChI is InChI=1S/C14H15N3O/c18-14(13-5-2-7-16-13)17-12-4-1-3-10-6-8-15-9-11(10)12/h1,3-4,6,8-9,13,16H,2,5,7H2,(H,17,18)/t13-/m0/s1. The zero-order valence-corrected chi connectivity index (χ0v) is 10.0. The molecule has 1 amide bonds. The number of nitrogens with zero attached hydrogens (tertiary/aromatic N) is 1. The Hall–Kier alpha value is -1.94. The lowest BCUT2D eigenvalue weighted by Gasteiger charge is -2.12. The number of anilines is 1. The lowest BCUT2D eigenvalue weighted by atomic mass is 10.1. The second-order valence-corrected chi connectivity index (χ2v) is 4.54. The monoisotopic (exact) mass is 241 g/mol. The lowest BCUT2D eigenvalue weighted by molar-refractivity contribution is -0.117. The van der Waals surface area contributed by atoms with Gasteiger partial charge in [0, 0.05) is 17.8 Å². The van der Waals surface area contributed by atoms with Gasteiger partial charge in [0.15, 0.2) is 0 Å². The summed E-state index contributed by atoms with van der Waals surface area (Å²) in [6, 6.07) is 7.76. The Morgan fingerprint density at radius 1 is 1.39 bits per heavy atom. The highest BCUT2D eigenvalue weighted by Crippen LogP contribution is 2.22. The molecular weight excluding hydrogens is 226 g/mol. The fourth-order valence-corrected chi connectivity index (χ4v) is 2.35. The number of carbonyl (C=O) groups excluding carboxylic acids is 1. The second-order valence-electron chi connectivity index (χ2n) is 4.54. The number of pyridine rings is 1. The summed E-state index contributed by atoms with van der Waals surface area (Å²) >= 11 is 0. The van der Waals surface area contributed by atoms with Crippen LogP contribution in [0.4, 0.5) is 5.69 Å². The smallest absolute Gasteiger partial charge is 0.241 e. The second kappa shape index (κ2) is 4.74. The molecule has 0 unspecified atom stereocenters. The first kappa shape index (κ1) is 11.2. The van der Waals surface area contributed by atoms with Gasteiger partial charge < -0.3 is 10.6 Å². The van der Waals surface area contributed by atoms with Crippen molar-refractivity contribution < 1.29 is 4.79 Å². The van der Waals surface area contributed by atoms with Gasteiger partial charge in [0.1, 0.15) is 0 Å². The normalized spacial score (nSPS) is 19.0. The quantitative estimate of drug-likeness (QED) is 0.844. The van der Waals surface area contributed by atoms with E-state index < -0.39 is 0 Å². The van der Waals surface area contributed by atoms with E-state index in [0.717, 1.165) is 35.8 Å². The van der Waals surface area contributed by atoms with Crippen molar-refractivity contribution in [2.24, 2.45) is 0 Å². The minimum Gasteiger partial charge on any atom is -0.324 e. The molecule has 0 spiro atoms. The number of rotatable bonds is 2. The summed E-state index contributed by atoms with van der Waals surface area (Å²) in [6.45, 7) is 0.926. The molecule has 4 heteroatoms. The summed E-state index contributed by atoms with van der Waals surface area (Å²) in [4.78, 5) is 16.2. The van der Waals surface area contributed by atoms with Crippen LogP contribution in [0.25, 0.3) is 10.8 Å². The molecule has 0 radical (unpaired) electrons. The van der Waals surface area contributed by atoms with Gasteiger partial charge in [-0.25, -0.2) is 0 Å². The van der Waals surface area contributed by atoms with Gasteiger partial charge in [-0.05, 0) is 36.9 Å². The SMILES string of the molecule is O=C(Nc1cccc2ccncc12)[C@@H]1CCCN1. The van der Waals surface area contributed by atoms with Gasteiger partial charge in [0.05, 0.1) is 11.7 Å². The van der Waals surface area contributed by atoms with E-state index in [-0.39, 0.29) is 11.9 Å². The van der Waals surface area contributed by atoms with E-state index in [4.69, 9.17) is 0 Å². The predicted molar refractivity (Wildman–Crippen MR) is 71.4 cm³/mol. The van der Waals surface area contributed by atoms with E-state index in [1.165, 1.54) is 0 Å². The zero-order valence-electron chi connectivity index (χ0n) is 10.0. The maximum Gasteiger partial charge on any atom is 0.241 e. The molecule has 18 heavy (non-hydrogen) atoms. The maximum absolute atomic E-state index is 12.1. The van der Waals surface area contributed by atoms with Crippen LogP contribution in [0.5, 0.6) is 0 Å². The van der Waals surface area contributed by atoms with Gasteiger partial charge in [0.25, 0.3) is 0 Å². The molecule has 1 atom stereocenters. The minimum absolute atomic E-state index is 0.0452. The number of benzene rings is 1. The van der Waals surface area contributed by atoms with E-state index in [9.17, 15) is 4.79 Å². The highest BCUT2D eigenvalue weighted by Gasteiger charge is 2.22. The van der Waals surface area contributed by atoms with Crippen molar-refractivity contribution in [1.82, 2.24) is 10.3 Å². The topological polar surface area (TPSA) is 54.0 Å². The Morgan fingerprint density at radius 3 is 3.17 bits per heavy atom. The van der Waals surface area contributed by atoms with Crippen molar-refractivity contribution in [2.45, 2.75) is 18.9 Å². The van der Waals surface area contributed by atoms with Gasteiger partial charge >= 0.3 is 0 Å². The molecule has 1 aromatic heterocycles. The molecule has 1 saturated heterocycles. The molecule has 2 aromatic rings. The zero-order chi connectivity index (χ0) is 12.4.